The van der Waals surface area contributed by atoms with Crippen LogP contribution in [0.2, 0.25) is 10.0 Å². The van der Waals surface area contributed by atoms with Gasteiger partial charge in [0.05, 0.1) is 5.02 Å². The van der Waals surface area contributed by atoms with Crippen LogP contribution < -0.4 is 5.32 Å². The normalized spacial score (nSPS) is 20.2. The molecule has 2 amide bonds. The van der Waals surface area contributed by atoms with Crippen molar-refractivity contribution in [2.75, 3.05) is 26.2 Å². The van der Waals surface area contributed by atoms with Gasteiger partial charge in [-0.15, -0.1) is 0 Å². The second kappa shape index (κ2) is 11.5. The maximum absolute atomic E-state index is 13.4. The Morgan fingerprint density at radius 2 is 1.80 bits per heavy atom. The number of hydrogen-bond donors (Lipinski definition) is 1. The van der Waals surface area contributed by atoms with Crippen LogP contribution in [-0.2, 0) is 24.9 Å². The predicted octanol–water partition coefficient (Wildman–Crippen LogP) is 4.80. The molecule has 8 nitrogen and oxygen atoms in total. The van der Waals surface area contributed by atoms with E-state index in [-0.39, 0.29) is 34.4 Å². The van der Waals surface area contributed by atoms with Crippen molar-refractivity contribution < 1.29 is 22.7 Å². The van der Waals surface area contributed by atoms with E-state index in [1.54, 1.807) is 4.90 Å². The van der Waals surface area contributed by atoms with Crippen molar-refractivity contribution in [1.29, 1.82) is 0 Å². The maximum atomic E-state index is 13.4. The highest BCUT2D eigenvalue weighted by Gasteiger charge is 2.41. The summed E-state index contributed by atoms with van der Waals surface area (Å²) in [5, 5.41) is 3.69. The van der Waals surface area contributed by atoms with Gasteiger partial charge in [-0.05, 0) is 64.5 Å². The zero-order valence-electron chi connectivity index (χ0n) is 20.2. The monoisotopic (exact) mass is 611 g/mol. The van der Waals surface area contributed by atoms with Crippen molar-refractivity contribution in [3.63, 3.8) is 0 Å². The summed E-state index contributed by atoms with van der Waals surface area (Å²) in [4.78, 5) is 26.9. The summed E-state index contributed by atoms with van der Waals surface area (Å²) in [5.74, 6) is -0.109. The molecule has 196 valence electrons. The fourth-order valence-corrected chi connectivity index (χ4v) is 7.77. The molecule has 1 aromatic carbocycles. The van der Waals surface area contributed by atoms with Crippen molar-refractivity contribution >= 4 is 61.2 Å². The first kappa shape index (κ1) is 28.5. The highest BCUT2D eigenvalue weighted by atomic mass is 79.9. The second-order valence-electron chi connectivity index (χ2n) is 9.90. The number of halogens is 3. The predicted molar refractivity (Wildman–Crippen MR) is 140 cm³/mol. The molecule has 0 unspecified atom stereocenters. The third-order valence-corrected chi connectivity index (χ3v) is 9.62. The number of amides is 2. The molecule has 0 bridgehead atoms. The Labute approximate surface area is 225 Å². The number of likely N-dealkylation sites (tertiary alicyclic amines) is 1. The third kappa shape index (κ3) is 6.83. The number of nitrogens with one attached hydrogen (secondary N) is 1. The zero-order chi connectivity index (χ0) is 26.0. The lowest BCUT2D eigenvalue weighted by Crippen LogP contribution is -2.48. The van der Waals surface area contributed by atoms with Crippen molar-refractivity contribution in [3.8, 4) is 0 Å². The summed E-state index contributed by atoms with van der Waals surface area (Å²) in [7, 11) is -3.98. The minimum Gasteiger partial charge on any atom is -0.444 e. The Balaban J connectivity index is 1.59. The molecule has 1 aromatic rings. The van der Waals surface area contributed by atoms with E-state index in [2.05, 4.69) is 21.2 Å². The van der Waals surface area contributed by atoms with E-state index in [4.69, 9.17) is 27.9 Å². The number of ether oxygens (including phenoxy) is 1. The zero-order valence-corrected chi connectivity index (χ0v) is 24.1. The van der Waals surface area contributed by atoms with E-state index in [0.717, 1.165) is 12.8 Å². The van der Waals surface area contributed by atoms with Crippen LogP contribution in [0.1, 0.15) is 52.0 Å². The number of nitrogens with zero attached hydrogens (tertiary/aromatic N) is 2. The third-order valence-electron chi connectivity index (χ3n) is 6.21. The van der Waals surface area contributed by atoms with Gasteiger partial charge >= 0.3 is 6.09 Å². The summed E-state index contributed by atoms with van der Waals surface area (Å²) in [5.41, 5.74) is -0.0474. The molecule has 35 heavy (non-hydrogen) atoms. The number of alkyl halides is 1. The molecule has 0 saturated carbocycles. The molecule has 2 saturated heterocycles. The first-order valence-corrected chi connectivity index (χ1v) is 15.0. The molecule has 1 N–H and O–H groups in total. The number of sulfonamides is 1. The Morgan fingerprint density at radius 3 is 2.40 bits per heavy atom. The van der Waals surface area contributed by atoms with Gasteiger partial charge in [-0.2, -0.15) is 4.31 Å². The molecule has 0 radical (unpaired) electrons. The van der Waals surface area contributed by atoms with Crippen molar-refractivity contribution in [2.45, 2.75) is 68.3 Å². The summed E-state index contributed by atoms with van der Waals surface area (Å²) in [6.45, 7) is 7.30. The number of carbonyl (C=O) groups excluding carboxylic acids is 2. The summed E-state index contributed by atoms with van der Waals surface area (Å²) < 4.78 is 33.5. The first-order valence-electron chi connectivity index (χ1n) is 11.7. The Kier molecular flexibility index (Phi) is 9.40. The molecule has 0 aromatic heterocycles. The van der Waals surface area contributed by atoms with Crippen LogP contribution in [0.3, 0.4) is 0 Å². The Bertz CT molecular complexity index is 1060. The van der Waals surface area contributed by atoms with Crippen molar-refractivity contribution in [1.82, 2.24) is 14.5 Å². The van der Waals surface area contributed by atoms with Gasteiger partial charge in [0.25, 0.3) is 0 Å². The SMILES string of the molecule is CC(C)(C)OC(=O)N1CCC(CNC(=O)[C@@H]2CCCN2S(=O)(=O)c2ccc(Cl)c(CBr)c2Cl)CC1. The summed E-state index contributed by atoms with van der Waals surface area (Å²) in [6, 6.07) is 2.10. The molecule has 12 heteroatoms. The minimum atomic E-state index is -3.98. The Morgan fingerprint density at radius 1 is 1.14 bits per heavy atom. The van der Waals surface area contributed by atoms with E-state index in [1.807, 2.05) is 20.8 Å². The van der Waals surface area contributed by atoms with Crippen LogP contribution in [0.25, 0.3) is 0 Å². The van der Waals surface area contributed by atoms with E-state index >= 15 is 0 Å². The average molecular weight is 613 g/mol. The largest absolute Gasteiger partial charge is 0.444 e. The van der Waals surface area contributed by atoms with Crippen LogP contribution in [0.15, 0.2) is 17.0 Å². The van der Waals surface area contributed by atoms with E-state index in [9.17, 15) is 18.0 Å². The molecule has 0 aliphatic carbocycles. The quantitative estimate of drug-likeness (QED) is 0.465. The van der Waals surface area contributed by atoms with E-state index < -0.39 is 21.7 Å². The van der Waals surface area contributed by atoms with Gasteiger partial charge < -0.3 is 15.0 Å². The maximum Gasteiger partial charge on any atom is 0.410 e. The average Bonchev–Trinajstić information content (AvgIpc) is 3.28. The molecular formula is C23H32BrCl2N3O5S. The van der Waals surface area contributed by atoms with E-state index in [1.165, 1.54) is 16.4 Å². The molecule has 2 aliphatic heterocycles. The molecule has 1 atom stereocenters. The Hall–Kier alpha value is -1.07. The fourth-order valence-electron chi connectivity index (χ4n) is 4.32. The topological polar surface area (TPSA) is 96.0 Å². The first-order chi connectivity index (χ1) is 16.3. The van der Waals surface area contributed by atoms with Gasteiger partial charge in [0.1, 0.15) is 16.5 Å². The van der Waals surface area contributed by atoms with Crippen LogP contribution >= 0.6 is 39.1 Å². The molecular weight excluding hydrogens is 581 g/mol. The number of rotatable bonds is 6. The van der Waals surface area contributed by atoms with Crippen molar-refractivity contribution in [3.05, 3.63) is 27.7 Å². The van der Waals surface area contributed by atoms with E-state index in [0.29, 0.717) is 48.4 Å². The number of piperidine rings is 1. The van der Waals surface area contributed by atoms with Gasteiger partial charge in [0.2, 0.25) is 15.9 Å². The van der Waals surface area contributed by atoms with Crippen LogP contribution in [0, 0.1) is 5.92 Å². The summed E-state index contributed by atoms with van der Waals surface area (Å²) in [6.07, 6.45) is 2.18. The highest BCUT2D eigenvalue weighted by molar-refractivity contribution is 9.08. The van der Waals surface area contributed by atoms with Crippen LogP contribution in [-0.4, -0.2) is 67.4 Å². The molecule has 3 rings (SSSR count). The van der Waals surface area contributed by atoms with Gasteiger partial charge in [0.15, 0.2) is 0 Å². The smallest absolute Gasteiger partial charge is 0.410 e. The highest BCUT2D eigenvalue weighted by Crippen LogP contribution is 2.36. The lowest BCUT2D eigenvalue weighted by Gasteiger charge is -2.33. The second-order valence-corrected chi connectivity index (χ2v) is 13.1. The number of hydrogen-bond acceptors (Lipinski definition) is 5. The molecule has 2 fully saturated rings. The number of carbonyl (C=O) groups is 2. The lowest BCUT2D eigenvalue weighted by molar-refractivity contribution is -0.124. The van der Waals surface area contributed by atoms with Crippen molar-refractivity contribution in [2.24, 2.45) is 5.92 Å². The van der Waals surface area contributed by atoms with Crippen LogP contribution in [0.4, 0.5) is 4.79 Å². The molecule has 2 heterocycles. The van der Waals surface area contributed by atoms with Gasteiger partial charge in [-0.1, -0.05) is 39.1 Å². The number of benzene rings is 1. The molecule has 2 aliphatic rings. The van der Waals surface area contributed by atoms with Gasteiger partial charge in [-0.25, -0.2) is 13.2 Å². The standard InChI is InChI=1S/C23H32BrCl2N3O5S/c1-23(2,3)34-22(31)28-11-8-15(9-12-28)14-27-21(30)18-5-4-10-29(18)35(32,33)19-7-6-17(25)16(13-24)20(19)26/h6-7,15,18H,4-5,8-14H2,1-3H3,(H,27,30)/t18-/m0/s1. The molecule has 0 spiro atoms. The summed E-state index contributed by atoms with van der Waals surface area (Å²) >= 11 is 15.8. The lowest BCUT2D eigenvalue weighted by atomic mass is 9.97. The van der Waals surface area contributed by atoms with Gasteiger partial charge in [0, 0.05) is 42.1 Å². The van der Waals surface area contributed by atoms with Crippen LogP contribution in [0.5, 0.6) is 0 Å². The minimum absolute atomic E-state index is 0.0489. The fraction of sp³-hybridized carbons (Fsp3) is 0.652. The van der Waals surface area contributed by atoms with Gasteiger partial charge in [-0.3, -0.25) is 4.79 Å².